The number of hydrogen-bond donors (Lipinski definition) is 2. The van der Waals surface area contributed by atoms with Crippen molar-refractivity contribution in [3.05, 3.63) is 18.2 Å². The molecule has 0 saturated carbocycles. The summed E-state index contributed by atoms with van der Waals surface area (Å²) >= 11 is 1.39. The van der Waals surface area contributed by atoms with Crippen LogP contribution in [-0.2, 0) is 9.59 Å². The van der Waals surface area contributed by atoms with Gasteiger partial charge in [-0.25, -0.2) is 4.98 Å². The van der Waals surface area contributed by atoms with Gasteiger partial charge in [0.25, 0.3) is 0 Å². The molecule has 0 fully saturated rings. The molecule has 1 aromatic heterocycles. The molecule has 1 heterocycles. The standard InChI is InChI=1S/C16H21N3O3S/c1-16(2,3)14(21)17-8-7-13(20)19-15-18-11-6-5-10(22-4)9-12(11)23-15/h5-6,9H,7-8H2,1-4H3,(H,17,21)(H,18,19,20). The summed E-state index contributed by atoms with van der Waals surface area (Å²) in [6.45, 7) is 5.80. The first-order chi connectivity index (χ1) is 10.8. The Morgan fingerprint density at radius 2 is 2.04 bits per heavy atom. The highest BCUT2D eigenvalue weighted by atomic mass is 32.1. The van der Waals surface area contributed by atoms with Gasteiger partial charge in [0.2, 0.25) is 11.8 Å². The van der Waals surface area contributed by atoms with Crippen molar-refractivity contribution in [3.63, 3.8) is 0 Å². The van der Waals surface area contributed by atoms with Gasteiger partial charge in [-0.3, -0.25) is 9.59 Å². The van der Waals surface area contributed by atoms with Crippen molar-refractivity contribution in [1.29, 1.82) is 0 Å². The van der Waals surface area contributed by atoms with Crippen molar-refractivity contribution in [2.24, 2.45) is 5.41 Å². The second kappa shape index (κ2) is 6.95. The van der Waals surface area contributed by atoms with Crippen LogP contribution in [0.2, 0.25) is 0 Å². The Morgan fingerprint density at radius 3 is 2.70 bits per heavy atom. The highest BCUT2D eigenvalue weighted by Gasteiger charge is 2.20. The Bertz CT molecular complexity index is 719. The summed E-state index contributed by atoms with van der Waals surface area (Å²) in [5.41, 5.74) is 0.356. The molecule has 0 spiro atoms. The number of carbonyl (C=O) groups excluding carboxylic acids is 2. The first-order valence-corrected chi connectivity index (χ1v) is 8.14. The maximum atomic E-state index is 11.9. The molecule has 0 saturated heterocycles. The SMILES string of the molecule is COc1ccc2nc(NC(=O)CCNC(=O)C(C)(C)C)sc2c1. The Kier molecular flexibility index (Phi) is 5.20. The Morgan fingerprint density at radius 1 is 1.30 bits per heavy atom. The Balaban J connectivity index is 1.89. The van der Waals surface area contributed by atoms with Gasteiger partial charge in [-0.15, -0.1) is 0 Å². The second-order valence-corrected chi connectivity index (χ2v) is 7.19. The average Bonchev–Trinajstić information content (AvgIpc) is 2.86. The fraction of sp³-hybridized carbons (Fsp3) is 0.438. The lowest BCUT2D eigenvalue weighted by atomic mass is 9.96. The van der Waals surface area contributed by atoms with E-state index in [0.717, 1.165) is 16.0 Å². The summed E-state index contributed by atoms with van der Waals surface area (Å²) in [5.74, 6) is 0.506. The quantitative estimate of drug-likeness (QED) is 0.880. The summed E-state index contributed by atoms with van der Waals surface area (Å²) in [6.07, 6.45) is 0.209. The topological polar surface area (TPSA) is 80.3 Å². The number of thiazole rings is 1. The minimum atomic E-state index is -0.456. The molecule has 0 bridgehead atoms. The van der Waals surface area contributed by atoms with E-state index in [1.54, 1.807) is 7.11 Å². The molecule has 7 heteroatoms. The number of methoxy groups -OCH3 is 1. The van der Waals surface area contributed by atoms with Crippen molar-refractivity contribution in [1.82, 2.24) is 10.3 Å². The van der Waals surface area contributed by atoms with Gasteiger partial charge >= 0.3 is 0 Å². The number of ether oxygens (including phenoxy) is 1. The van der Waals surface area contributed by atoms with Crippen LogP contribution in [0.5, 0.6) is 5.75 Å². The van der Waals surface area contributed by atoms with Crippen molar-refractivity contribution >= 4 is 38.5 Å². The van der Waals surface area contributed by atoms with Crippen LogP contribution in [0, 0.1) is 5.41 Å². The minimum Gasteiger partial charge on any atom is -0.497 e. The van der Waals surface area contributed by atoms with Gasteiger partial charge in [0.05, 0.1) is 17.3 Å². The third kappa shape index (κ3) is 4.66. The van der Waals surface area contributed by atoms with E-state index in [2.05, 4.69) is 15.6 Å². The zero-order valence-electron chi connectivity index (χ0n) is 13.7. The number of nitrogens with zero attached hydrogens (tertiary/aromatic N) is 1. The number of fused-ring (bicyclic) bond motifs is 1. The molecule has 2 amide bonds. The number of carbonyl (C=O) groups is 2. The molecule has 0 aliphatic carbocycles. The van der Waals surface area contributed by atoms with Crippen LogP contribution in [0.15, 0.2) is 18.2 Å². The van der Waals surface area contributed by atoms with E-state index >= 15 is 0 Å². The van der Waals surface area contributed by atoms with Gasteiger partial charge in [0.15, 0.2) is 5.13 Å². The van der Waals surface area contributed by atoms with E-state index in [1.165, 1.54) is 11.3 Å². The third-order valence-corrected chi connectivity index (χ3v) is 4.09. The van der Waals surface area contributed by atoms with Gasteiger partial charge < -0.3 is 15.4 Å². The van der Waals surface area contributed by atoms with Gasteiger partial charge in [-0.1, -0.05) is 32.1 Å². The highest BCUT2D eigenvalue weighted by molar-refractivity contribution is 7.22. The fourth-order valence-electron chi connectivity index (χ4n) is 1.82. The van der Waals surface area contributed by atoms with E-state index in [4.69, 9.17) is 4.74 Å². The highest BCUT2D eigenvalue weighted by Crippen LogP contribution is 2.29. The van der Waals surface area contributed by atoms with Crippen LogP contribution >= 0.6 is 11.3 Å². The van der Waals surface area contributed by atoms with Crippen LogP contribution < -0.4 is 15.4 Å². The first-order valence-electron chi connectivity index (χ1n) is 7.32. The van der Waals surface area contributed by atoms with Gasteiger partial charge in [0.1, 0.15) is 5.75 Å². The van der Waals surface area contributed by atoms with Crippen LogP contribution in [0.25, 0.3) is 10.2 Å². The summed E-state index contributed by atoms with van der Waals surface area (Å²) in [6, 6.07) is 5.56. The fourth-order valence-corrected chi connectivity index (χ4v) is 2.73. The molecule has 1 aromatic carbocycles. The van der Waals surface area contributed by atoms with Crippen LogP contribution in [0.1, 0.15) is 27.2 Å². The smallest absolute Gasteiger partial charge is 0.227 e. The third-order valence-electron chi connectivity index (χ3n) is 3.16. The number of anilines is 1. The number of rotatable bonds is 5. The molecule has 0 aliphatic rings. The van der Waals surface area contributed by atoms with Crippen LogP contribution in [-0.4, -0.2) is 30.5 Å². The van der Waals surface area contributed by atoms with Crippen molar-refractivity contribution < 1.29 is 14.3 Å². The molecule has 2 N–H and O–H groups in total. The van der Waals surface area contributed by atoms with Crippen LogP contribution in [0.3, 0.4) is 0 Å². The Hall–Kier alpha value is -2.15. The number of hydrogen-bond acceptors (Lipinski definition) is 5. The van der Waals surface area contributed by atoms with E-state index in [9.17, 15) is 9.59 Å². The van der Waals surface area contributed by atoms with Crippen molar-refractivity contribution in [3.8, 4) is 5.75 Å². The molecular weight excluding hydrogens is 314 g/mol. The Labute approximate surface area is 139 Å². The van der Waals surface area contributed by atoms with Crippen molar-refractivity contribution in [2.75, 3.05) is 19.0 Å². The zero-order valence-corrected chi connectivity index (χ0v) is 14.5. The van der Waals surface area contributed by atoms with E-state index in [0.29, 0.717) is 11.7 Å². The summed E-state index contributed by atoms with van der Waals surface area (Å²) in [5, 5.41) is 6.05. The lowest BCUT2D eigenvalue weighted by Crippen LogP contribution is -2.36. The monoisotopic (exact) mass is 335 g/mol. The second-order valence-electron chi connectivity index (χ2n) is 6.16. The molecule has 124 valence electrons. The lowest BCUT2D eigenvalue weighted by Gasteiger charge is -2.17. The van der Waals surface area contributed by atoms with Crippen LogP contribution in [0.4, 0.5) is 5.13 Å². The zero-order chi connectivity index (χ0) is 17.0. The molecule has 0 radical (unpaired) electrons. The summed E-state index contributed by atoms with van der Waals surface area (Å²) < 4.78 is 6.11. The molecule has 0 unspecified atom stereocenters. The number of amides is 2. The normalized spacial score (nSPS) is 11.3. The van der Waals surface area contributed by atoms with Gasteiger partial charge in [0, 0.05) is 18.4 Å². The first kappa shape index (κ1) is 17.2. The number of aromatic nitrogens is 1. The minimum absolute atomic E-state index is 0.0719. The number of benzene rings is 1. The molecular formula is C16H21N3O3S. The molecule has 0 atom stereocenters. The predicted octanol–water partition coefficient (Wildman–Crippen LogP) is 2.80. The van der Waals surface area contributed by atoms with E-state index < -0.39 is 5.41 Å². The maximum absolute atomic E-state index is 11.9. The summed E-state index contributed by atoms with van der Waals surface area (Å²) in [7, 11) is 1.61. The average molecular weight is 335 g/mol. The van der Waals surface area contributed by atoms with Gasteiger partial charge in [-0.05, 0) is 18.2 Å². The maximum Gasteiger partial charge on any atom is 0.227 e. The van der Waals surface area contributed by atoms with Gasteiger partial charge in [-0.2, -0.15) is 0 Å². The molecule has 2 aromatic rings. The lowest BCUT2D eigenvalue weighted by molar-refractivity contribution is -0.128. The molecule has 6 nitrogen and oxygen atoms in total. The van der Waals surface area contributed by atoms with Crippen molar-refractivity contribution in [2.45, 2.75) is 27.2 Å². The largest absolute Gasteiger partial charge is 0.497 e. The van der Waals surface area contributed by atoms with E-state index in [1.807, 2.05) is 39.0 Å². The molecule has 23 heavy (non-hydrogen) atoms. The predicted molar refractivity (Wildman–Crippen MR) is 91.9 cm³/mol. The molecule has 0 aliphatic heterocycles. The van der Waals surface area contributed by atoms with E-state index in [-0.39, 0.29) is 18.2 Å². The summed E-state index contributed by atoms with van der Waals surface area (Å²) in [4.78, 5) is 28.0. The number of nitrogens with one attached hydrogen (secondary N) is 2. The molecule has 2 rings (SSSR count).